The van der Waals surface area contributed by atoms with Crippen molar-refractivity contribution in [2.75, 3.05) is 60.8 Å². The number of piperidine rings is 2. The molecule has 0 atom stereocenters. The number of aromatic nitrogens is 10. The van der Waals surface area contributed by atoms with Crippen molar-refractivity contribution in [1.82, 2.24) is 59.4 Å². The molecule has 16 heteroatoms. The minimum Gasteiger partial charge on any atom is -0.357 e. The number of nitrogens with one attached hydrogen (secondary N) is 4. The zero-order valence-corrected chi connectivity index (χ0v) is 27.0. The SMILES string of the molecule is CNc1nccc(-c2cnc3c(N4CCC(NN(c5nccn6c(-c7ccnc(NC)n7)cnc56)C5CCNCC5)CC4)nccn23)n1. The van der Waals surface area contributed by atoms with Crippen LogP contribution in [0.15, 0.2) is 61.7 Å². The molecule has 8 rings (SSSR count). The second kappa shape index (κ2) is 13.0. The van der Waals surface area contributed by atoms with Crippen LogP contribution in [-0.4, -0.2) is 101 Å². The van der Waals surface area contributed by atoms with Crippen molar-refractivity contribution in [2.45, 2.75) is 37.8 Å². The highest BCUT2D eigenvalue weighted by Gasteiger charge is 2.30. The average molecular weight is 647 g/mol. The van der Waals surface area contributed by atoms with Gasteiger partial charge in [-0.2, -0.15) is 0 Å². The van der Waals surface area contributed by atoms with E-state index in [0.717, 1.165) is 97.6 Å². The molecule has 8 heterocycles. The molecule has 0 aromatic carbocycles. The maximum absolute atomic E-state index is 4.89. The third-order valence-electron chi connectivity index (χ3n) is 9.12. The summed E-state index contributed by atoms with van der Waals surface area (Å²) in [6.45, 7) is 3.61. The van der Waals surface area contributed by atoms with Gasteiger partial charge in [-0.1, -0.05) is 0 Å². The van der Waals surface area contributed by atoms with Crippen molar-refractivity contribution in [2.24, 2.45) is 0 Å². The van der Waals surface area contributed by atoms with Crippen molar-refractivity contribution in [1.29, 1.82) is 0 Å². The van der Waals surface area contributed by atoms with E-state index in [0.29, 0.717) is 11.9 Å². The Morgan fingerprint density at radius 2 is 1.31 bits per heavy atom. The molecule has 48 heavy (non-hydrogen) atoms. The first-order valence-corrected chi connectivity index (χ1v) is 16.4. The Hall–Kier alpha value is -5.48. The van der Waals surface area contributed by atoms with Crippen LogP contribution in [0.3, 0.4) is 0 Å². The van der Waals surface area contributed by atoms with Crippen LogP contribution in [0.2, 0.25) is 0 Å². The van der Waals surface area contributed by atoms with Gasteiger partial charge in [-0.15, -0.1) is 0 Å². The molecule has 246 valence electrons. The average Bonchev–Trinajstić information content (AvgIpc) is 3.80. The summed E-state index contributed by atoms with van der Waals surface area (Å²) in [7, 11) is 3.62. The lowest BCUT2D eigenvalue weighted by molar-refractivity contribution is 0.340. The Bertz CT molecular complexity index is 2020. The summed E-state index contributed by atoms with van der Waals surface area (Å²) in [4.78, 5) is 39.4. The third kappa shape index (κ3) is 5.58. The molecule has 6 aromatic rings. The fourth-order valence-corrected chi connectivity index (χ4v) is 6.65. The lowest BCUT2D eigenvalue weighted by Gasteiger charge is -2.41. The highest BCUT2D eigenvalue weighted by Crippen LogP contribution is 2.29. The summed E-state index contributed by atoms with van der Waals surface area (Å²) in [5, 5.41) is 11.8. The van der Waals surface area contributed by atoms with Crippen LogP contribution in [0.1, 0.15) is 25.7 Å². The van der Waals surface area contributed by atoms with E-state index in [4.69, 9.17) is 19.9 Å². The molecule has 2 aliphatic heterocycles. The second-order valence-electron chi connectivity index (χ2n) is 11.9. The van der Waals surface area contributed by atoms with Gasteiger partial charge < -0.3 is 20.9 Å². The maximum Gasteiger partial charge on any atom is 0.222 e. The van der Waals surface area contributed by atoms with Gasteiger partial charge in [0.2, 0.25) is 11.9 Å². The molecule has 0 aliphatic carbocycles. The van der Waals surface area contributed by atoms with Crippen molar-refractivity contribution >= 4 is 34.8 Å². The molecular formula is C32H38N16. The van der Waals surface area contributed by atoms with E-state index < -0.39 is 0 Å². The number of rotatable bonds is 9. The lowest BCUT2D eigenvalue weighted by Crippen LogP contribution is -2.56. The summed E-state index contributed by atoms with van der Waals surface area (Å²) in [5.41, 5.74) is 8.89. The van der Waals surface area contributed by atoms with Crippen LogP contribution in [0, 0.1) is 0 Å². The third-order valence-corrected chi connectivity index (χ3v) is 9.12. The molecule has 2 fully saturated rings. The van der Waals surface area contributed by atoms with Crippen LogP contribution >= 0.6 is 0 Å². The number of hydrogen-bond donors (Lipinski definition) is 4. The van der Waals surface area contributed by atoms with E-state index in [-0.39, 0.29) is 12.1 Å². The Morgan fingerprint density at radius 3 is 1.96 bits per heavy atom. The van der Waals surface area contributed by atoms with Gasteiger partial charge in [0.05, 0.1) is 35.2 Å². The standard InChI is InChI=1S/C32H38N16/c1-33-31-38-11-5-23(42-31)25-19-40-28-27(36-13-17-46(25)28)45-15-7-21(8-16-45)44-48(22-3-9-35-10-4-22)30-29-41-20-26(47(29)18-14-37-30)24-6-12-39-32(34-2)43-24/h5-6,11-14,17-22,35,44H,3-4,7-10,15-16H2,1-2H3,(H,33,38,42)(H,34,39,43). The number of fused-ring (bicyclic) bond motifs is 2. The van der Waals surface area contributed by atoms with Gasteiger partial charge in [-0.3, -0.25) is 13.8 Å². The summed E-state index contributed by atoms with van der Waals surface area (Å²) in [6.07, 6.45) is 18.7. The van der Waals surface area contributed by atoms with E-state index in [9.17, 15) is 0 Å². The van der Waals surface area contributed by atoms with Crippen LogP contribution in [0.4, 0.5) is 23.5 Å². The maximum atomic E-state index is 4.89. The molecular weight excluding hydrogens is 608 g/mol. The number of imidazole rings is 2. The largest absolute Gasteiger partial charge is 0.357 e. The van der Waals surface area contributed by atoms with Gasteiger partial charge in [0.25, 0.3) is 0 Å². The van der Waals surface area contributed by atoms with E-state index in [1.165, 1.54) is 0 Å². The zero-order chi connectivity index (χ0) is 32.5. The first-order valence-electron chi connectivity index (χ1n) is 16.4. The molecule has 0 spiro atoms. The summed E-state index contributed by atoms with van der Waals surface area (Å²) < 4.78 is 4.12. The summed E-state index contributed by atoms with van der Waals surface area (Å²) >= 11 is 0. The molecule has 4 N–H and O–H groups in total. The van der Waals surface area contributed by atoms with Crippen LogP contribution < -0.4 is 31.3 Å². The number of anilines is 4. The highest BCUT2D eigenvalue weighted by molar-refractivity contribution is 5.71. The fraction of sp³-hybridized carbons (Fsp3) is 0.375. The lowest BCUT2D eigenvalue weighted by atomic mass is 10.0. The van der Waals surface area contributed by atoms with Gasteiger partial charge >= 0.3 is 0 Å². The molecule has 16 nitrogen and oxygen atoms in total. The highest BCUT2D eigenvalue weighted by atomic mass is 15.6. The van der Waals surface area contributed by atoms with E-state index in [2.05, 4.69) is 60.0 Å². The van der Waals surface area contributed by atoms with Crippen molar-refractivity contribution in [3.05, 3.63) is 61.7 Å². The van der Waals surface area contributed by atoms with E-state index >= 15 is 0 Å². The Kier molecular flexibility index (Phi) is 8.07. The Morgan fingerprint density at radius 1 is 0.708 bits per heavy atom. The smallest absolute Gasteiger partial charge is 0.222 e. The number of hydrogen-bond acceptors (Lipinski definition) is 14. The molecule has 0 unspecified atom stereocenters. The van der Waals surface area contributed by atoms with Gasteiger partial charge in [0.1, 0.15) is 0 Å². The molecule has 0 amide bonds. The van der Waals surface area contributed by atoms with Crippen LogP contribution in [0.5, 0.6) is 0 Å². The summed E-state index contributed by atoms with van der Waals surface area (Å²) in [5.74, 6) is 2.83. The molecule has 0 saturated carbocycles. The van der Waals surface area contributed by atoms with Crippen molar-refractivity contribution < 1.29 is 0 Å². The summed E-state index contributed by atoms with van der Waals surface area (Å²) in [6, 6.07) is 4.33. The zero-order valence-electron chi connectivity index (χ0n) is 27.0. The molecule has 6 aromatic heterocycles. The minimum atomic E-state index is 0.253. The first kappa shape index (κ1) is 29.9. The van der Waals surface area contributed by atoms with Gasteiger partial charge in [-0.25, -0.2) is 45.3 Å². The van der Waals surface area contributed by atoms with Gasteiger partial charge in [-0.05, 0) is 50.9 Å². The first-order chi connectivity index (χ1) is 23.7. The molecule has 2 aliphatic rings. The topological polar surface area (TPSA) is 167 Å². The Labute approximate surface area is 277 Å². The van der Waals surface area contributed by atoms with Gasteiger partial charge in [0.15, 0.2) is 22.9 Å². The predicted octanol–water partition coefficient (Wildman–Crippen LogP) is 2.50. The van der Waals surface area contributed by atoms with E-state index in [1.807, 2.05) is 63.4 Å². The normalized spacial score (nSPS) is 16.1. The number of nitrogens with zero attached hydrogens (tertiary/aromatic N) is 12. The van der Waals surface area contributed by atoms with E-state index in [1.54, 1.807) is 12.4 Å². The fourth-order valence-electron chi connectivity index (χ4n) is 6.65. The van der Waals surface area contributed by atoms with Crippen molar-refractivity contribution in [3.8, 4) is 22.8 Å². The van der Waals surface area contributed by atoms with Crippen molar-refractivity contribution in [3.63, 3.8) is 0 Å². The molecule has 0 bridgehead atoms. The molecule has 2 saturated heterocycles. The number of hydrazine groups is 1. The Balaban J connectivity index is 1.04. The van der Waals surface area contributed by atoms with Gasteiger partial charge in [0, 0.05) is 76.4 Å². The minimum absolute atomic E-state index is 0.253. The second-order valence-corrected chi connectivity index (χ2v) is 11.9. The van der Waals surface area contributed by atoms with Crippen LogP contribution in [-0.2, 0) is 0 Å². The predicted molar refractivity (Wildman–Crippen MR) is 184 cm³/mol. The molecule has 0 radical (unpaired) electrons. The van der Waals surface area contributed by atoms with Crippen LogP contribution in [0.25, 0.3) is 34.1 Å². The quantitative estimate of drug-likeness (QED) is 0.169. The monoisotopic (exact) mass is 646 g/mol.